The Balaban J connectivity index is 1.63. The first-order valence-corrected chi connectivity index (χ1v) is 8.97. The Bertz CT molecular complexity index is 936. The number of hydrogen-bond acceptors (Lipinski definition) is 3. The molecule has 1 aromatic heterocycles. The van der Waals surface area contributed by atoms with E-state index in [1.54, 1.807) is 0 Å². The fourth-order valence-corrected chi connectivity index (χ4v) is 2.90. The third kappa shape index (κ3) is 4.27. The van der Waals surface area contributed by atoms with E-state index in [-0.39, 0.29) is 36.0 Å². The van der Waals surface area contributed by atoms with Gasteiger partial charge in [0.05, 0.1) is 11.8 Å². The minimum atomic E-state index is -0.723. The standard InChI is InChI=1S/C19H15F2IN2O2/c1-11-5-6-12(9-15(11)22)24-17(25)7-8-18-23-10-16(26-18)19-13(20)3-2-4-14(19)21/h2-6,9-10H,7-8H2,1H3,(H,24,25). The van der Waals surface area contributed by atoms with Crippen molar-refractivity contribution in [3.8, 4) is 11.3 Å². The number of carbonyl (C=O) groups is 1. The molecule has 0 radical (unpaired) electrons. The SMILES string of the molecule is Cc1ccc(NC(=O)CCc2ncc(-c3c(F)cccc3F)o2)cc1I. The molecule has 0 atom stereocenters. The predicted molar refractivity (Wildman–Crippen MR) is 103 cm³/mol. The zero-order chi connectivity index (χ0) is 18.7. The number of amides is 1. The van der Waals surface area contributed by atoms with Crippen LogP contribution in [0.3, 0.4) is 0 Å². The van der Waals surface area contributed by atoms with Crippen LogP contribution in [-0.2, 0) is 11.2 Å². The summed E-state index contributed by atoms with van der Waals surface area (Å²) in [7, 11) is 0. The minimum Gasteiger partial charge on any atom is -0.441 e. The fraction of sp³-hybridized carbons (Fsp3) is 0.158. The van der Waals surface area contributed by atoms with E-state index < -0.39 is 11.6 Å². The number of hydrogen-bond donors (Lipinski definition) is 1. The van der Waals surface area contributed by atoms with Gasteiger partial charge in [-0.05, 0) is 59.3 Å². The highest BCUT2D eigenvalue weighted by Gasteiger charge is 2.16. The lowest BCUT2D eigenvalue weighted by Gasteiger charge is -2.06. The average Bonchev–Trinajstić information content (AvgIpc) is 3.05. The van der Waals surface area contributed by atoms with Gasteiger partial charge in [0.15, 0.2) is 11.7 Å². The number of anilines is 1. The maximum absolute atomic E-state index is 13.8. The van der Waals surface area contributed by atoms with Crippen molar-refractivity contribution < 1.29 is 18.0 Å². The summed E-state index contributed by atoms with van der Waals surface area (Å²) in [4.78, 5) is 16.1. The van der Waals surface area contributed by atoms with Crippen molar-refractivity contribution >= 4 is 34.2 Å². The highest BCUT2D eigenvalue weighted by atomic mass is 127. The first kappa shape index (κ1) is 18.5. The van der Waals surface area contributed by atoms with Gasteiger partial charge in [-0.25, -0.2) is 13.8 Å². The molecule has 0 aliphatic rings. The van der Waals surface area contributed by atoms with Gasteiger partial charge in [0.25, 0.3) is 0 Å². The second-order valence-electron chi connectivity index (χ2n) is 5.73. The Hall–Kier alpha value is -2.29. The molecule has 0 unspecified atom stereocenters. The van der Waals surface area contributed by atoms with E-state index in [1.165, 1.54) is 12.3 Å². The lowest BCUT2D eigenvalue weighted by Crippen LogP contribution is -2.12. The summed E-state index contributed by atoms with van der Waals surface area (Å²) in [6.45, 7) is 1.99. The smallest absolute Gasteiger partial charge is 0.224 e. The summed E-state index contributed by atoms with van der Waals surface area (Å²) in [5, 5.41) is 2.80. The van der Waals surface area contributed by atoms with Crippen LogP contribution < -0.4 is 5.32 Å². The molecule has 3 rings (SSSR count). The maximum atomic E-state index is 13.8. The third-order valence-electron chi connectivity index (χ3n) is 3.78. The molecular formula is C19H15F2IN2O2. The Labute approximate surface area is 162 Å². The van der Waals surface area contributed by atoms with Crippen molar-refractivity contribution in [3.05, 3.63) is 69.3 Å². The normalized spacial score (nSPS) is 10.8. The molecule has 3 aromatic rings. The Morgan fingerprint density at radius 3 is 2.65 bits per heavy atom. The molecule has 0 aliphatic heterocycles. The van der Waals surface area contributed by atoms with Crippen LogP contribution in [0.5, 0.6) is 0 Å². The molecule has 0 saturated carbocycles. The van der Waals surface area contributed by atoms with Crippen molar-refractivity contribution in [2.24, 2.45) is 0 Å². The van der Waals surface area contributed by atoms with Crippen LogP contribution in [-0.4, -0.2) is 10.9 Å². The average molecular weight is 468 g/mol. The zero-order valence-corrected chi connectivity index (χ0v) is 16.0. The van der Waals surface area contributed by atoms with E-state index in [9.17, 15) is 13.6 Å². The van der Waals surface area contributed by atoms with Crippen LogP contribution in [0.4, 0.5) is 14.5 Å². The van der Waals surface area contributed by atoms with Gasteiger partial charge < -0.3 is 9.73 Å². The van der Waals surface area contributed by atoms with Crippen molar-refractivity contribution in [1.29, 1.82) is 0 Å². The molecule has 1 amide bonds. The molecule has 1 heterocycles. The van der Waals surface area contributed by atoms with Gasteiger partial charge in [0.1, 0.15) is 11.6 Å². The quantitative estimate of drug-likeness (QED) is 0.530. The topological polar surface area (TPSA) is 55.1 Å². The molecule has 2 aromatic carbocycles. The Kier molecular flexibility index (Phi) is 5.65. The number of aromatic nitrogens is 1. The fourth-order valence-electron chi connectivity index (χ4n) is 2.39. The van der Waals surface area contributed by atoms with Gasteiger partial charge in [0, 0.05) is 22.1 Å². The molecule has 7 heteroatoms. The monoisotopic (exact) mass is 468 g/mol. The minimum absolute atomic E-state index is 0.00379. The number of nitrogens with one attached hydrogen (secondary N) is 1. The maximum Gasteiger partial charge on any atom is 0.224 e. The van der Waals surface area contributed by atoms with Crippen LogP contribution in [0.15, 0.2) is 47.0 Å². The number of halogens is 3. The molecule has 26 heavy (non-hydrogen) atoms. The molecule has 1 N–H and O–H groups in total. The predicted octanol–water partition coefficient (Wildman–Crippen LogP) is 5.10. The van der Waals surface area contributed by atoms with Crippen molar-refractivity contribution in [2.75, 3.05) is 5.32 Å². The summed E-state index contributed by atoms with van der Waals surface area (Å²) >= 11 is 2.20. The molecule has 134 valence electrons. The summed E-state index contributed by atoms with van der Waals surface area (Å²) in [6, 6.07) is 9.23. The van der Waals surface area contributed by atoms with Gasteiger partial charge in [-0.3, -0.25) is 4.79 Å². The van der Waals surface area contributed by atoms with Crippen LogP contribution >= 0.6 is 22.6 Å². The van der Waals surface area contributed by atoms with E-state index in [0.717, 1.165) is 21.3 Å². The Morgan fingerprint density at radius 2 is 1.96 bits per heavy atom. The number of aryl methyl sites for hydroxylation is 2. The molecule has 0 saturated heterocycles. The van der Waals surface area contributed by atoms with Gasteiger partial charge in [-0.15, -0.1) is 0 Å². The molecule has 0 bridgehead atoms. The molecular weight excluding hydrogens is 453 g/mol. The highest BCUT2D eigenvalue weighted by Crippen LogP contribution is 2.26. The molecule has 0 fully saturated rings. The number of rotatable bonds is 5. The van der Waals surface area contributed by atoms with Crippen LogP contribution in [0.25, 0.3) is 11.3 Å². The first-order valence-electron chi connectivity index (χ1n) is 7.89. The van der Waals surface area contributed by atoms with Crippen molar-refractivity contribution in [2.45, 2.75) is 19.8 Å². The van der Waals surface area contributed by atoms with E-state index >= 15 is 0 Å². The third-order valence-corrected chi connectivity index (χ3v) is 4.95. The first-order chi connectivity index (χ1) is 12.4. The molecule has 4 nitrogen and oxygen atoms in total. The molecule has 0 spiro atoms. The zero-order valence-electron chi connectivity index (χ0n) is 13.9. The van der Waals surface area contributed by atoms with Gasteiger partial charge in [0.2, 0.25) is 5.91 Å². The lowest BCUT2D eigenvalue weighted by atomic mass is 10.1. The van der Waals surface area contributed by atoms with Crippen LogP contribution in [0.1, 0.15) is 17.9 Å². The van der Waals surface area contributed by atoms with E-state index in [1.807, 2.05) is 25.1 Å². The number of carbonyl (C=O) groups excluding carboxylic acids is 1. The summed E-state index contributed by atoms with van der Waals surface area (Å²) in [5.74, 6) is -1.39. The Morgan fingerprint density at radius 1 is 1.23 bits per heavy atom. The van der Waals surface area contributed by atoms with E-state index in [0.29, 0.717) is 5.69 Å². The van der Waals surface area contributed by atoms with Crippen molar-refractivity contribution in [3.63, 3.8) is 0 Å². The van der Waals surface area contributed by atoms with Crippen LogP contribution in [0, 0.1) is 22.1 Å². The summed E-state index contributed by atoms with van der Waals surface area (Å²) in [6.07, 6.45) is 1.63. The summed E-state index contributed by atoms with van der Waals surface area (Å²) in [5.41, 5.74) is 1.59. The second kappa shape index (κ2) is 7.94. The van der Waals surface area contributed by atoms with Gasteiger partial charge in [-0.2, -0.15) is 0 Å². The summed E-state index contributed by atoms with van der Waals surface area (Å²) < 4.78 is 34.0. The highest BCUT2D eigenvalue weighted by molar-refractivity contribution is 14.1. The van der Waals surface area contributed by atoms with E-state index in [4.69, 9.17) is 4.42 Å². The van der Waals surface area contributed by atoms with E-state index in [2.05, 4.69) is 32.9 Å². The molecule has 0 aliphatic carbocycles. The number of oxazole rings is 1. The van der Waals surface area contributed by atoms with Gasteiger partial charge in [-0.1, -0.05) is 12.1 Å². The second-order valence-corrected chi connectivity index (χ2v) is 6.89. The van der Waals surface area contributed by atoms with Crippen molar-refractivity contribution in [1.82, 2.24) is 4.98 Å². The van der Waals surface area contributed by atoms with Crippen LogP contribution in [0.2, 0.25) is 0 Å². The largest absolute Gasteiger partial charge is 0.441 e. The number of nitrogens with zero attached hydrogens (tertiary/aromatic N) is 1. The van der Waals surface area contributed by atoms with Gasteiger partial charge >= 0.3 is 0 Å². The lowest BCUT2D eigenvalue weighted by molar-refractivity contribution is -0.116. The number of benzene rings is 2.